The van der Waals surface area contributed by atoms with Crippen LogP contribution in [0.2, 0.25) is 0 Å². The zero-order chi connectivity index (χ0) is 13.9. The lowest BCUT2D eigenvalue weighted by Gasteiger charge is -2.23. The van der Waals surface area contributed by atoms with E-state index in [0.717, 1.165) is 43.1 Å². The predicted octanol–water partition coefficient (Wildman–Crippen LogP) is 1.56. The second-order valence-electron chi connectivity index (χ2n) is 5.19. The highest BCUT2D eigenvalue weighted by Gasteiger charge is 2.20. The van der Waals surface area contributed by atoms with Crippen LogP contribution < -0.4 is 5.32 Å². The molecule has 102 valence electrons. The summed E-state index contributed by atoms with van der Waals surface area (Å²) in [6, 6.07) is 10.3. The lowest BCUT2D eigenvalue weighted by atomic mass is 10.1. The smallest absolute Gasteiger partial charge is 0.147 e. The third-order valence-corrected chi connectivity index (χ3v) is 3.61. The summed E-state index contributed by atoms with van der Waals surface area (Å²) in [5, 5.41) is 16.8. The molecular formula is C15H17N5. The minimum absolute atomic E-state index is 0.411. The molecule has 1 aliphatic heterocycles. The molecule has 1 aromatic heterocycles. The topological polar surface area (TPSA) is 66.5 Å². The molecule has 1 atom stereocenters. The lowest BCUT2D eigenvalue weighted by molar-refractivity contribution is 0.357. The van der Waals surface area contributed by atoms with Crippen LogP contribution in [0.1, 0.15) is 29.2 Å². The van der Waals surface area contributed by atoms with E-state index in [-0.39, 0.29) is 0 Å². The van der Waals surface area contributed by atoms with E-state index in [0.29, 0.717) is 11.6 Å². The van der Waals surface area contributed by atoms with Crippen molar-refractivity contribution < 1.29 is 0 Å². The summed E-state index contributed by atoms with van der Waals surface area (Å²) in [5.41, 5.74) is 1.85. The molecular weight excluding hydrogens is 250 g/mol. The number of rotatable bonds is 3. The highest BCUT2D eigenvalue weighted by molar-refractivity contribution is 5.32. The van der Waals surface area contributed by atoms with Gasteiger partial charge in [-0.3, -0.25) is 0 Å². The van der Waals surface area contributed by atoms with Crippen LogP contribution in [0.3, 0.4) is 0 Å². The largest absolute Gasteiger partial charge is 0.308 e. The third-order valence-electron chi connectivity index (χ3n) is 3.61. The van der Waals surface area contributed by atoms with E-state index >= 15 is 0 Å². The van der Waals surface area contributed by atoms with Gasteiger partial charge in [0.1, 0.15) is 11.6 Å². The average molecular weight is 267 g/mol. The first-order valence-corrected chi connectivity index (χ1v) is 6.87. The average Bonchev–Trinajstić information content (AvgIpc) is 2.84. The molecule has 0 aliphatic carbocycles. The molecule has 5 heteroatoms. The summed E-state index contributed by atoms with van der Waals surface area (Å²) in [7, 11) is 0. The Morgan fingerprint density at radius 2 is 2.40 bits per heavy atom. The summed E-state index contributed by atoms with van der Waals surface area (Å²) < 4.78 is 2.00. The Kier molecular flexibility index (Phi) is 3.48. The van der Waals surface area contributed by atoms with Crippen molar-refractivity contribution in [3.63, 3.8) is 0 Å². The van der Waals surface area contributed by atoms with Gasteiger partial charge in [-0.1, -0.05) is 12.1 Å². The fourth-order valence-corrected chi connectivity index (χ4v) is 2.61. The molecule has 0 radical (unpaired) electrons. The summed E-state index contributed by atoms with van der Waals surface area (Å²) in [6.07, 6.45) is 2.05. The van der Waals surface area contributed by atoms with Crippen molar-refractivity contribution >= 4 is 0 Å². The number of hydrogen-bond donors (Lipinski definition) is 1. The molecule has 1 N–H and O–H groups in total. The summed E-state index contributed by atoms with van der Waals surface area (Å²) in [5.74, 6) is 1.94. The van der Waals surface area contributed by atoms with Crippen LogP contribution in [0.5, 0.6) is 0 Å². The van der Waals surface area contributed by atoms with Crippen LogP contribution in [0.15, 0.2) is 24.3 Å². The maximum absolute atomic E-state index is 8.90. The molecule has 0 amide bonds. The van der Waals surface area contributed by atoms with Gasteiger partial charge in [-0.2, -0.15) is 10.4 Å². The molecule has 1 aromatic carbocycles. The second kappa shape index (κ2) is 5.43. The number of aryl methyl sites for hydroxylation is 2. The van der Waals surface area contributed by atoms with Crippen molar-refractivity contribution in [1.82, 2.24) is 20.1 Å². The predicted molar refractivity (Wildman–Crippen MR) is 74.9 cm³/mol. The van der Waals surface area contributed by atoms with E-state index in [1.807, 2.05) is 35.9 Å². The minimum Gasteiger partial charge on any atom is -0.308 e. The highest BCUT2D eigenvalue weighted by atomic mass is 15.4. The number of benzene rings is 1. The molecule has 20 heavy (non-hydrogen) atoms. The van der Waals surface area contributed by atoms with Crippen molar-refractivity contribution in [3.05, 3.63) is 47.0 Å². The molecule has 3 rings (SSSR count). The van der Waals surface area contributed by atoms with Gasteiger partial charge in [0, 0.05) is 19.0 Å². The molecule has 0 saturated heterocycles. The van der Waals surface area contributed by atoms with Gasteiger partial charge in [0.2, 0.25) is 0 Å². The van der Waals surface area contributed by atoms with E-state index in [1.54, 1.807) is 0 Å². The molecule has 1 aliphatic rings. The zero-order valence-corrected chi connectivity index (χ0v) is 11.5. The van der Waals surface area contributed by atoms with Crippen LogP contribution in [-0.4, -0.2) is 20.8 Å². The molecule has 2 heterocycles. The number of hydrogen-bond acceptors (Lipinski definition) is 4. The van der Waals surface area contributed by atoms with Crippen LogP contribution >= 0.6 is 0 Å². The molecule has 0 bridgehead atoms. The van der Waals surface area contributed by atoms with E-state index in [1.165, 1.54) is 0 Å². The van der Waals surface area contributed by atoms with E-state index in [9.17, 15) is 0 Å². The molecule has 2 aromatic rings. The van der Waals surface area contributed by atoms with Gasteiger partial charge in [-0.25, -0.2) is 9.67 Å². The summed E-state index contributed by atoms with van der Waals surface area (Å²) in [6.45, 7) is 3.58. The molecule has 0 fully saturated rings. The summed E-state index contributed by atoms with van der Waals surface area (Å²) in [4.78, 5) is 4.41. The number of nitriles is 1. The van der Waals surface area contributed by atoms with Crippen LogP contribution in [0.25, 0.3) is 0 Å². The minimum atomic E-state index is 0.411. The van der Waals surface area contributed by atoms with Gasteiger partial charge < -0.3 is 5.32 Å². The third kappa shape index (κ3) is 2.70. The van der Waals surface area contributed by atoms with E-state index in [2.05, 4.69) is 21.5 Å². The fraction of sp³-hybridized carbons (Fsp3) is 0.400. The van der Waals surface area contributed by atoms with Gasteiger partial charge in [0.05, 0.1) is 18.2 Å². The Morgan fingerprint density at radius 1 is 1.50 bits per heavy atom. The Bertz CT molecular complexity index is 653. The van der Waals surface area contributed by atoms with Gasteiger partial charge in [-0.15, -0.1) is 0 Å². The Balaban J connectivity index is 1.61. The van der Waals surface area contributed by atoms with Crippen LogP contribution in [0.4, 0.5) is 0 Å². The van der Waals surface area contributed by atoms with E-state index in [4.69, 9.17) is 5.26 Å². The standard InChI is InChI=1S/C15H17N5/c1-11-18-15-6-5-14(10-20(15)19-11)17-9-13-4-2-3-12(7-13)8-16/h2-4,7,14,17H,5-6,9-10H2,1H3. The molecule has 0 spiro atoms. The van der Waals surface area contributed by atoms with Crippen molar-refractivity contribution in [3.8, 4) is 6.07 Å². The SMILES string of the molecule is Cc1nc2n(n1)CC(NCc1cccc(C#N)c1)CC2. The Morgan fingerprint density at radius 3 is 3.25 bits per heavy atom. The number of nitrogens with zero attached hydrogens (tertiary/aromatic N) is 4. The summed E-state index contributed by atoms with van der Waals surface area (Å²) >= 11 is 0. The normalized spacial score (nSPS) is 17.5. The van der Waals surface area contributed by atoms with E-state index < -0.39 is 0 Å². The first kappa shape index (κ1) is 12.8. The molecule has 1 unspecified atom stereocenters. The first-order chi connectivity index (χ1) is 9.74. The van der Waals surface area contributed by atoms with Crippen molar-refractivity contribution in [2.24, 2.45) is 0 Å². The van der Waals surface area contributed by atoms with Crippen molar-refractivity contribution in [1.29, 1.82) is 5.26 Å². The maximum Gasteiger partial charge on any atom is 0.147 e. The number of nitrogens with one attached hydrogen (secondary N) is 1. The maximum atomic E-state index is 8.90. The number of aromatic nitrogens is 3. The Labute approximate surface area is 118 Å². The van der Waals surface area contributed by atoms with Gasteiger partial charge in [-0.05, 0) is 31.0 Å². The van der Waals surface area contributed by atoms with Crippen LogP contribution in [-0.2, 0) is 19.5 Å². The molecule has 5 nitrogen and oxygen atoms in total. The van der Waals surface area contributed by atoms with Crippen molar-refractivity contribution in [2.45, 2.75) is 38.9 Å². The van der Waals surface area contributed by atoms with Gasteiger partial charge in [0.25, 0.3) is 0 Å². The molecule has 0 saturated carbocycles. The second-order valence-corrected chi connectivity index (χ2v) is 5.19. The van der Waals surface area contributed by atoms with Gasteiger partial charge in [0.15, 0.2) is 0 Å². The monoisotopic (exact) mass is 267 g/mol. The number of fused-ring (bicyclic) bond motifs is 1. The zero-order valence-electron chi connectivity index (χ0n) is 11.5. The Hall–Kier alpha value is -2.19. The quantitative estimate of drug-likeness (QED) is 0.916. The van der Waals surface area contributed by atoms with Crippen LogP contribution in [0, 0.1) is 18.3 Å². The van der Waals surface area contributed by atoms with Gasteiger partial charge >= 0.3 is 0 Å². The first-order valence-electron chi connectivity index (χ1n) is 6.87. The lowest BCUT2D eigenvalue weighted by Crippen LogP contribution is -2.37. The fourth-order valence-electron chi connectivity index (χ4n) is 2.61. The highest BCUT2D eigenvalue weighted by Crippen LogP contribution is 2.13. The van der Waals surface area contributed by atoms with Crippen molar-refractivity contribution in [2.75, 3.05) is 0 Å².